The van der Waals surface area contributed by atoms with E-state index in [1.54, 1.807) is 0 Å². The Bertz CT molecular complexity index is 416. The number of carbonyl (C=O) groups is 1. The molecular formula is C15H24N2O. The van der Waals surface area contributed by atoms with Crippen LogP contribution in [0.5, 0.6) is 0 Å². The Labute approximate surface area is 110 Å². The highest BCUT2D eigenvalue weighted by Gasteiger charge is 2.35. The van der Waals surface area contributed by atoms with Crippen LogP contribution in [0.25, 0.3) is 0 Å². The summed E-state index contributed by atoms with van der Waals surface area (Å²) in [6, 6.07) is 2.40. The van der Waals surface area contributed by atoms with Crippen molar-refractivity contribution < 1.29 is 4.79 Å². The third-order valence-electron chi connectivity index (χ3n) is 4.43. The van der Waals surface area contributed by atoms with Crippen LogP contribution in [0.4, 0.5) is 0 Å². The third kappa shape index (κ3) is 2.65. The first kappa shape index (κ1) is 13.3. The number of nitrogens with zero attached hydrogens (tertiary/aromatic N) is 2. The van der Waals surface area contributed by atoms with Crippen LogP contribution >= 0.6 is 0 Å². The number of aromatic nitrogens is 2. The summed E-state index contributed by atoms with van der Waals surface area (Å²) in [6.07, 6.45) is 8.06. The van der Waals surface area contributed by atoms with Gasteiger partial charge in [0.15, 0.2) is 0 Å². The molecule has 0 aromatic carbocycles. The second-order valence-corrected chi connectivity index (χ2v) is 5.91. The topological polar surface area (TPSA) is 34.9 Å². The average Bonchev–Trinajstić information content (AvgIpc) is 2.98. The Hall–Kier alpha value is -1.12. The molecule has 1 heterocycles. The summed E-state index contributed by atoms with van der Waals surface area (Å²) >= 11 is 0. The zero-order chi connectivity index (χ0) is 13.2. The van der Waals surface area contributed by atoms with Crippen LogP contribution in [0, 0.1) is 5.41 Å². The summed E-state index contributed by atoms with van der Waals surface area (Å²) in [6.45, 7) is 6.42. The van der Waals surface area contributed by atoms with Crippen molar-refractivity contribution in [2.45, 2.75) is 65.3 Å². The van der Waals surface area contributed by atoms with Crippen LogP contribution in [0.15, 0.2) is 12.3 Å². The van der Waals surface area contributed by atoms with Gasteiger partial charge in [0.25, 0.3) is 0 Å². The van der Waals surface area contributed by atoms with E-state index >= 15 is 0 Å². The van der Waals surface area contributed by atoms with Crippen LogP contribution in [-0.2, 0) is 11.2 Å². The number of ketones is 1. The number of hydrogen-bond acceptors (Lipinski definition) is 2. The molecule has 1 aromatic rings. The molecule has 1 aliphatic carbocycles. The van der Waals surface area contributed by atoms with Gasteiger partial charge in [-0.1, -0.05) is 26.7 Å². The summed E-state index contributed by atoms with van der Waals surface area (Å²) in [7, 11) is 0. The quantitative estimate of drug-likeness (QED) is 0.798. The van der Waals surface area contributed by atoms with E-state index < -0.39 is 0 Å². The molecule has 18 heavy (non-hydrogen) atoms. The molecule has 0 bridgehead atoms. The number of hydrogen-bond donors (Lipinski definition) is 0. The monoisotopic (exact) mass is 248 g/mol. The van der Waals surface area contributed by atoms with Crippen LogP contribution in [0.2, 0.25) is 0 Å². The Balaban J connectivity index is 2.01. The lowest BCUT2D eigenvalue weighted by Crippen LogP contribution is -2.26. The molecule has 1 aromatic heterocycles. The predicted molar refractivity (Wildman–Crippen MR) is 72.5 cm³/mol. The molecule has 0 N–H and O–H groups in total. The Morgan fingerprint density at radius 2 is 2.17 bits per heavy atom. The smallest absolute Gasteiger partial charge is 0.144 e. The van der Waals surface area contributed by atoms with Crippen molar-refractivity contribution in [3.63, 3.8) is 0 Å². The first-order valence-electron chi connectivity index (χ1n) is 7.12. The van der Waals surface area contributed by atoms with Gasteiger partial charge in [-0.25, -0.2) is 0 Å². The zero-order valence-electron chi connectivity index (χ0n) is 11.8. The summed E-state index contributed by atoms with van der Waals surface area (Å²) in [4.78, 5) is 12.3. The van der Waals surface area contributed by atoms with E-state index in [4.69, 9.17) is 0 Å². The Morgan fingerprint density at radius 3 is 2.78 bits per heavy atom. The second kappa shape index (κ2) is 5.25. The Kier molecular flexibility index (Phi) is 3.88. The fourth-order valence-corrected chi connectivity index (χ4v) is 2.72. The molecule has 0 aliphatic heterocycles. The molecule has 0 saturated heterocycles. The van der Waals surface area contributed by atoms with Gasteiger partial charge >= 0.3 is 0 Å². The maximum atomic E-state index is 12.3. The molecule has 0 spiro atoms. The van der Waals surface area contributed by atoms with Crippen molar-refractivity contribution in [3.8, 4) is 0 Å². The fourth-order valence-electron chi connectivity index (χ4n) is 2.72. The summed E-state index contributed by atoms with van der Waals surface area (Å²) in [5.41, 5.74) is 0.841. The lowest BCUT2D eigenvalue weighted by Gasteiger charge is -2.20. The minimum Gasteiger partial charge on any atom is -0.299 e. The zero-order valence-corrected chi connectivity index (χ0v) is 11.8. The average molecular weight is 248 g/mol. The van der Waals surface area contributed by atoms with Crippen molar-refractivity contribution in [2.75, 3.05) is 0 Å². The summed E-state index contributed by atoms with van der Waals surface area (Å²) in [5, 5.41) is 4.52. The van der Waals surface area contributed by atoms with E-state index in [0.29, 0.717) is 18.2 Å². The number of carbonyl (C=O) groups excluding carboxylic acids is 1. The molecule has 1 saturated carbocycles. The van der Waals surface area contributed by atoms with Crippen LogP contribution in [-0.4, -0.2) is 15.6 Å². The molecule has 2 rings (SSSR count). The molecule has 1 unspecified atom stereocenters. The van der Waals surface area contributed by atoms with E-state index in [9.17, 15) is 4.79 Å². The normalized spacial score (nSPS) is 19.9. The van der Waals surface area contributed by atoms with Gasteiger partial charge in [-0.3, -0.25) is 9.48 Å². The lowest BCUT2D eigenvalue weighted by molar-refractivity contribution is -0.127. The van der Waals surface area contributed by atoms with Crippen molar-refractivity contribution in [1.29, 1.82) is 0 Å². The van der Waals surface area contributed by atoms with E-state index in [0.717, 1.165) is 25.0 Å². The molecule has 0 radical (unpaired) electrons. The first-order valence-corrected chi connectivity index (χ1v) is 7.12. The van der Waals surface area contributed by atoms with Crippen molar-refractivity contribution in [3.05, 3.63) is 18.0 Å². The van der Waals surface area contributed by atoms with Gasteiger partial charge in [-0.05, 0) is 32.3 Å². The van der Waals surface area contributed by atoms with E-state index in [-0.39, 0.29) is 5.41 Å². The molecule has 100 valence electrons. The molecule has 1 atom stereocenters. The minimum absolute atomic E-state index is 0.0832. The summed E-state index contributed by atoms with van der Waals surface area (Å²) < 4.78 is 1.97. The SMILES string of the molecule is CCC(C)n1ccc(CC(=O)C2(C)CCCC2)n1. The van der Waals surface area contributed by atoms with Gasteiger partial charge in [0, 0.05) is 17.7 Å². The van der Waals surface area contributed by atoms with Crippen LogP contribution in [0.1, 0.15) is 64.6 Å². The summed E-state index contributed by atoms with van der Waals surface area (Å²) in [5.74, 6) is 0.370. The highest BCUT2D eigenvalue weighted by atomic mass is 16.1. The van der Waals surface area contributed by atoms with Gasteiger partial charge in [0.1, 0.15) is 5.78 Å². The molecule has 1 aliphatic rings. The largest absolute Gasteiger partial charge is 0.299 e. The molecule has 0 amide bonds. The maximum absolute atomic E-state index is 12.3. The fraction of sp³-hybridized carbons (Fsp3) is 0.733. The highest BCUT2D eigenvalue weighted by Crippen LogP contribution is 2.38. The van der Waals surface area contributed by atoms with Crippen molar-refractivity contribution >= 4 is 5.78 Å². The van der Waals surface area contributed by atoms with E-state index in [1.165, 1.54) is 12.8 Å². The maximum Gasteiger partial charge on any atom is 0.144 e. The standard InChI is InChI=1S/C15H24N2O/c1-4-12(2)17-10-7-13(16-17)11-14(18)15(3)8-5-6-9-15/h7,10,12H,4-6,8-9,11H2,1-3H3. The second-order valence-electron chi connectivity index (χ2n) is 5.91. The van der Waals surface area contributed by atoms with E-state index in [2.05, 4.69) is 25.9 Å². The minimum atomic E-state index is -0.0832. The predicted octanol–water partition coefficient (Wildman–Crippen LogP) is 3.55. The molecule has 3 nitrogen and oxygen atoms in total. The van der Waals surface area contributed by atoms with Gasteiger partial charge < -0.3 is 0 Å². The van der Waals surface area contributed by atoms with Gasteiger partial charge in [-0.2, -0.15) is 5.10 Å². The van der Waals surface area contributed by atoms with Gasteiger partial charge in [0.05, 0.1) is 12.1 Å². The molecular weight excluding hydrogens is 224 g/mol. The third-order valence-corrected chi connectivity index (χ3v) is 4.43. The van der Waals surface area contributed by atoms with Crippen LogP contribution < -0.4 is 0 Å². The number of rotatable bonds is 5. The van der Waals surface area contributed by atoms with Crippen molar-refractivity contribution in [2.24, 2.45) is 5.41 Å². The van der Waals surface area contributed by atoms with Crippen LogP contribution in [0.3, 0.4) is 0 Å². The number of Topliss-reactive ketones (excluding diaryl/α,β-unsaturated/α-hetero) is 1. The van der Waals surface area contributed by atoms with Crippen molar-refractivity contribution in [1.82, 2.24) is 9.78 Å². The van der Waals surface area contributed by atoms with Gasteiger partial charge in [0.2, 0.25) is 0 Å². The highest BCUT2D eigenvalue weighted by molar-refractivity contribution is 5.86. The van der Waals surface area contributed by atoms with Gasteiger partial charge in [-0.15, -0.1) is 0 Å². The lowest BCUT2D eigenvalue weighted by atomic mass is 9.82. The molecule has 1 fully saturated rings. The van der Waals surface area contributed by atoms with E-state index in [1.807, 2.05) is 16.9 Å². The molecule has 3 heteroatoms. The first-order chi connectivity index (χ1) is 8.55. The Morgan fingerprint density at radius 1 is 1.50 bits per heavy atom.